The van der Waals surface area contributed by atoms with Crippen molar-refractivity contribution in [1.82, 2.24) is 0 Å². The van der Waals surface area contributed by atoms with Gasteiger partial charge in [-0.05, 0) is 43.9 Å². The molecule has 0 aromatic heterocycles. The number of halogens is 1. The second-order valence-corrected chi connectivity index (χ2v) is 6.70. The molecule has 1 nitrogen and oxygen atoms in total. The molecule has 2 aliphatic rings. The molecule has 94 valence electrons. The highest BCUT2D eigenvalue weighted by atomic mass is 127. The van der Waals surface area contributed by atoms with E-state index in [0.717, 1.165) is 18.4 Å². The number of hydrogen-bond donors (Lipinski definition) is 0. The van der Waals surface area contributed by atoms with Crippen molar-refractivity contribution < 1.29 is 4.74 Å². The van der Waals surface area contributed by atoms with E-state index in [9.17, 15) is 0 Å². The van der Waals surface area contributed by atoms with Crippen LogP contribution in [0.4, 0.5) is 0 Å². The Morgan fingerprint density at radius 1 is 1.19 bits per heavy atom. The van der Waals surface area contributed by atoms with Crippen LogP contribution >= 0.6 is 22.6 Å². The maximum atomic E-state index is 6.27. The molecular formula is C14H25IO. The first-order valence-corrected chi connectivity index (χ1v) is 8.46. The van der Waals surface area contributed by atoms with E-state index in [1.165, 1.54) is 55.8 Å². The molecule has 2 rings (SSSR count). The molecule has 0 radical (unpaired) electrons. The molecule has 2 heteroatoms. The Bertz CT molecular complexity index is 205. The van der Waals surface area contributed by atoms with Crippen molar-refractivity contribution >= 4 is 22.6 Å². The quantitative estimate of drug-likeness (QED) is 0.528. The second kappa shape index (κ2) is 6.03. The normalized spacial score (nSPS) is 36.0. The van der Waals surface area contributed by atoms with E-state index in [1.807, 2.05) is 0 Å². The number of rotatable bonds is 5. The SMILES string of the molecule is CC1CCC(CI)(OCCC2CCC2)CC1. The molecule has 2 aliphatic carbocycles. The van der Waals surface area contributed by atoms with Crippen molar-refractivity contribution in [3.63, 3.8) is 0 Å². The molecule has 0 bridgehead atoms. The van der Waals surface area contributed by atoms with E-state index < -0.39 is 0 Å². The van der Waals surface area contributed by atoms with Gasteiger partial charge in [-0.15, -0.1) is 0 Å². The van der Waals surface area contributed by atoms with Gasteiger partial charge in [-0.25, -0.2) is 0 Å². The van der Waals surface area contributed by atoms with Crippen LogP contribution in [0, 0.1) is 11.8 Å². The molecule has 0 N–H and O–H groups in total. The monoisotopic (exact) mass is 336 g/mol. The number of alkyl halides is 1. The van der Waals surface area contributed by atoms with Crippen LogP contribution in [-0.2, 0) is 4.74 Å². The van der Waals surface area contributed by atoms with E-state index in [2.05, 4.69) is 29.5 Å². The summed E-state index contributed by atoms with van der Waals surface area (Å²) in [5.41, 5.74) is 0.247. The van der Waals surface area contributed by atoms with E-state index in [-0.39, 0.29) is 5.60 Å². The van der Waals surface area contributed by atoms with Gasteiger partial charge < -0.3 is 4.74 Å². The van der Waals surface area contributed by atoms with Crippen molar-refractivity contribution in [1.29, 1.82) is 0 Å². The zero-order valence-corrected chi connectivity index (χ0v) is 12.7. The van der Waals surface area contributed by atoms with Crippen LogP contribution in [0.25, 0.3) is 0 Å². The van der Waals surface area contributed by atoms with E-state index in [4.69, 9.17) is 4.74 Å². The van der Waals surface area contributed by atoms with Gasteiger partial charge in [0.05, 0.1) is 5.60 Å². The Hall–Kier alpha value is 0.690. The van der Waals surface area contributed by atoms with Gasteiger partial charge in [0.25, 0.3) is 0 Å². The lowest BCUT2D eigenvalue weighted by Crippen LogP contribution is -2.39. The first kappa shape index (κ1) is 13.1. The summed E-state index contributed by atoms with van der Waals surface area (Å²) in [7, 11) is 0. The zero-order valence-electron chi connectivity index (χ0n) is 10.5. The standard InChI is InChI=1S/C14H25IO/c1-12-5-8-14(11-15,9-6-12)16-10-7-13-3-2-4-13/h12-13H,2-11H2,1H3. The maximum Gasteiger partial charge on any atom is 0.0771 e. The van der Waals surface area contributed by atoms with Crippen molar-refractivity contribution in [3.8, 4) is 0 Å². The van der Waals surface area contributed by atoms with E-state index in [1.54, 1.807) is 0 Å². The Labute approximate surface area is 114 Å². The van der Waals surface area contributed by atoms with Crippen molar-refractivity contribution in [3.05, 3.63) is 0 Å². The average molecular weight is 336 g/mol. The van der Waals surface area contributed by atoms with Crippen molar-refractivity contribution in [2.75, 3.05) is 11.0 Å². The first-order valence-electron chi connectivity index (χ1n) is 6.94. The molecular weight excluding hydrogens is 311 g/mol. The summed E-state index contributed by atoms with van der Waals surface area (Å²) in [6.07, 6.45) is 11.0. The van der Waals surface area contributed by atoms with Gasteiger partial charge in [-0.3, -0.25) is 0 Å². The van der Waals surface area contributed by atoms with Crippen LogP contribution < -0.4 is 0 Å². The molecule has 0 spiro atoms. The molecule has 0 atom stereocenters. The average Bonchev–Trinajstić information content (AvgIpc) is 2.25. The lowest BCUT2D eigenvalue weighted by Gasteiger charge is -2.39. The van der Waals surface area contributed by atoms with Gasteiger partial charge in [0.1, 0.15) is 0 Å². The summed E-state index contributed by atoms with van der Waals surface area (Å²) in [6.45, 7) is 3.40. The third-order valence-corrected chi connectivity index (χ3v) is 5.98. The van der Waals surface area contributed by atoms with Crippen LogP contribution in [-0.4, -0.2) is 16.6 Å². The highest BCUT2D eigenvalue weighted by Gasteiger charge is 2.34. The molecule has 0 aromatic carbocycles. The Kier molecular flexibility index (Phi) is 4.95. The Morgan fingerprint density at radius 3 is 2.38 bits per heavy atom. The van der Waals surface area contributed by atoms with Crippen LogP contribution in [0.3, 0.4) is 0 Å². The van der Waals surface area contributed by atoms with Crippen LogP contribution in [0.2, 0.25) is 0 Å². The highest BCUT2D eigenvalue weighted by molar-refractivity contribution is 14.1. The predicted molar refractivity (Wildman–Crippen MR) is 77.2 cm³/mol. The number of hydrogen-bond acceptors (Lipinski definition) is 1. The zero-order chi connectivity index (χ0) is 11.4. The molecule has 2 saturated carbocycles. The van der Waals surface area contributed by atoms with E-state index >= 15 is 0 Å². The van der Waals surface area contributed by atoms with Crippen LogP contribution in [0.1, 0.15) is 58.3 Å². The molecule has 0 heterocycles. The van der Waals surface area contributed by atoms with Crippen molar-refractivity contribution in [2.24, 2.45) is 11.8 Å². The summed E-state index contributed by atoms with van der Waals surface area (Å²) in [6, 6.07) is 0. The van der Waals surface area contributed by atoms with Gasteiger partial charge in [0, 0.05) is 11.0 Å². The fourth-order valence-electron chi connectivity index (χ4n) is 2.83. The van der Waals surface area contributed by atoms with Gasteiger partial charge in [0.15, 0.2) is 0 Å². The van der Waals surface area contributed by atoms with Crippen molar-refractivity contribution in [2.45, 2.75) is 63.9 Å². The molecule has 16 heavy (non-hydrogen) atoms. The number of ether oxygens (including phenoxy) is 1. The smallest absolute Gasteiger partial charge is 0.0771 e. The minimum atomic E-state index is 0.247. The lowest BCUT2D eigenvalue weighted by molar-refractivity contribution is -0.0639. The topological polar surface area (TPSA) is 9.23 Å². The fraction of sp³-hybridized carbons (Fsp3) is 1.00. The van der Waals surface area contributed by atoms with Gasteiger partial charge in [-0.2, -0.15) is 0 Å². The Balaban J connectivity index is 1.71. The first-order chi connectivity index (χ1) is 7.74. The predicted octanol–water partition coefficient (Wildman–Crippen LogP) is 4.58. The molecule has 0 saturated heterocycles. The van der Waals surface area contributed by atoms with Crippen LogP contribution in [0.5, 0.6) is 0 Å². The maximum absolute atomic E-state index is 6.27. The summed E-state index contributed by atoms with van der Waals surface area (Å²) < 4.78 is 7.45. The minimum absolute atomic E-state index is 0.247. The van der Waals surface area contributed by atoms with Gasteiger partial charge in [0.2, 0.25) is 0 Å². The molecule has 0 aromatic rings. The third-order valence-electron chi connectivity index (χ3n) is 4.59. The molecule has 0 unspecified atom stereocenters. The molecule has 0 amide bonds. The molecule has 0 aliphatic heterocycles. The van der Waals surface area contributed by atoms with Gasteiger partial charge >= 0.3 is 0 Å². The Morgan fingerprint density at radius 2 is 1.88 bits per heavy atom. The van der Waals surface area contributed by atoms with Crippen LogP contribution in [0.15, 0.2) is 0 Å². The summed E-state index contributed by atoms with van der Waals surface area (Å²) >= 11 is 2.52. The van der Waals surface area contributed by atoms with Gasteiger partial charge in [-0.1, -0.05) is 48.8 Å². The summed E-state index contributed by atoms with van der Waals surface area (Å²) in [5.74, 6) is 1.92. The molecule has 2 fully saturated rings. The van der Waals surface area contributed by atoms with E-state index in [0.29, 0.717) is 0 Å². The fourth-order valence-corrected chi connectivity index (χ4v) is 3.81. The summed E-state index contributed by atoms with van der Waals surface area (Å²) in [5, 5.41) is 0. The largest absolute Gasteiger partial charge is 0.374 e. The lowest BCUT2D eigenvalue weighted by atomic mass is 9.80. The second-order valence-electron chi connectivity index (χ2n) is 5.93. The summed E-state index contributed by atoms with van der Waals surface area (Å²) in [4.78, 5) is 0. The third kappa shape index (κ3) is 3.34. The highest BCUT2D eigenvalue weighted by Crippen LogP contribution is 2.37. The minimum Gasteiger partial charge on any atom is -0.374 e.